The number of benzene rings is 2. The summed E-state index contributed by atoms with van der Waals surface area (Å²) >= 11 is 0. The molecule has 8 heteroatoms. The molecule has 1 aliphatic heterocycles. The fourth-order valence-electron chi connectivity index (χ4n) is 3.76. The van der Waals surface area contributed by atoms with Crippen LogP contribution in [0.3, 0.4) is 0 Å². The lowest BCUT2D eigenvalue weighted by molar-refractivity contribution is 0.0710. The number of carbonyl (C=O) groups is 1. The van der Waals surface area contributed by atoms with Crippen molar-refractivity contribution in [1.82, 2.24) is 15.0 Å². The van der Waals surface area contributed by atoms with Crippen molar-refractivity contribution >= 4 is 5.91 Å². The van der Waals surface area contributed by atoms with Gasteiger partial charge < -0.3 is 23.6 Å². The molecule has 1 aliphatic rings. The molecule has 0 aliphatic carbocycles. The van der Waals surface area contributed by atoms with Gasteiger partial charge in [0.05, 0.1) is 20.8 Å². The minimum atomic E-state index is -0.250. The normalized spacial score (nSPS) is 15.7. The van der Waals surface area contributed by atoms with Crippen LogP contribution in [0.15, 0.2) is 47.0 Å². The molecule has 1 saturated heterocycles. The van der Waals surface area contributed by atoms with Crippen LogP contribution in [-0.2, 0) is 0 Å². The number of hydrogen-bond acceptors (Lipinski definition) is 7. The molecule has 4 rings (SSSR count). The molecule has 0 saturated carbocycles. The van der Waals surface area contributed by atoms with Gasteiger partial charge in [0.1, 0.15) is 11.8 Å². The number of methoxy groups -OCH3 is 2. The molecule has 1 atom stereocenters. The maximum Gasteiger partial charge on any atom is 0.254 e. The van der Waals surface area contributed by atoms with Gasteiger partial charge in [-0.25, -0.2) is 0 Å². The molecule has 0 spiro atoms. The number of nitrogens with zero attached hydrogens (tertiary/aromatic N) is 3. The molecule has 1 aromatic heterocycles. The van der Waals surface area contributed by atoms with Crippen LogP contribution in [-0.4, -0.2) is 48.3 Å². The first-order chi connectivity index (χ1) is 15.1. The maximum atomic E-state index is 13.1. The molecular weight excluding hydrogens is 398 g/mol. The highest BCUT2D eigenvalue weighted by atomic mass is 16.5. The van der Waals surface area contributed by atoms with Gasteiger partial charge in [-0.15, -0.1) is 0 Å². The molecule has 1 fully saturated rings. The van der Waals surface area contributed by atoms with Crippen LogP contribution < -0.4 is 14.2 Å². The van der Waals surface area contributed by atoms with Crippen LogP contribution in [0.2, 0.25) is 0 Å². The molecule has 31 heavy (non-hydrogen) atoms. The highest BCUT2D eigenvalue weighted by molar-refractivity contribution is 5.94. The maximum absolute atomic E-state index is 13.1. The highest BCUT2D eigenvalue weighted by Crippen LogP contribution is 2.35. The second kappa shape index (κ2) is 9.07. The number of ether oxygens (including phenoxy) is 3. The predicted molar refractivity (Wildman–Crippen MR) is 113 cm³/mol. The zero-order valence-electron chi connectivity index (χ0n) is 17.8. The van der Waals surface area contributed by atoms with E-state index in [1.54, 1.807) is 43.4 Å². The van der Waals surface area contributed by atoms with Gasteiger partial charge in [0.15, 0.2) is 11.5 Å². The standard InChI is InChI=1S/C23H25N3O5/c1-4-30-17-10-7-15(8-11-17)23(27)26-13-5-6-18(26)22-24-21(25-31-22)16-9-12-19(28-2)20(14-16)29-3/h7-12,14,18H,4-6,13H2,1-3H3. The van der Waals surface area contributed by atoms with Crippen molar-refractivity contribution < 1.29 is 23.5 Å². The van der Waals surface area contributed by atoms with E-state index in [2.05, 4.69) is 10.1 Å². The number of carbonyl (C=O) groups excluding carboxylic acids is 1. The van der Waals surface area contributed by atoms with Crippen LogP contribution in [0.25, 0.3) is 11.4 Å². The van der Waals surface area contributed by atoms with Gasteiger partial charge in [-0.1, -0.05) is 5.16 Å². The first-order valence-corrected chi connectivity index (χ1v) is 10.2. The number of rotatable bonds is 7. The lowest BCUT2D eigenvalue weighted by atomic mass is 10.1. The second-order valence-electron chi connectivity index (χ2n) is 7.14. The second-order valence-corrected chi connectivity index (χ2v) is 7.14. The Morgan fingerprint density at radius 3 is 2.61 bits per heavy atom. The summed E-state index contributed by atoms with van der Waals surface area (Å²) in [5, 5.41) is 4.12. The van der Waals surface area contributed by atoms with Gasteiger partial charge in [-0.2, -0.15) is 4.98 Å². The van der Waals surface area contributed by atoms with Crippen LogP contribution in [0, 0.1) is 0 Å². The molecule has 0 radical (unpaired) electrons. The van der Waals surface area contributed by atoms with Crippen molar-refractivity contribution in [3.63, 3.8) is 0 Å². The highest BCUT2D eigenvalue weighted by Gasteiger charge is 2.34. The molecule has 2 aromatic carbocycles. The van der Waals surface area contributed by atoms with E-state index in [4.69, 9.17) is 18.7 Å². The largest absolute Gasteiger partial charge is 0.494 e. The Balaban J connectivity index is 1.54. The molecule has 0 bridgehead atoms. The van der Waals surface area contributed by atoms with E-state index >= 15 is 0 Å². The van der Waals surface area contributed by atoms with E-state index in [0.29, 0.717) is 41.9 Å². The number of amides is 1. The van der Waals surface area contributed by atoms with Crippen LogP contribution >= 0.6 is 0 Å². The van der Waals surface area contributed by atoms with E-state index in [-0.39, 0.29) is 11.9 Å². The molecule has 8 nitrogen and oxygen atoms in total. The third-order valence-electron chi connectivity index (χ3n) is 5.29. The molecule has 3 aromatic rings. The summed E-state index contributed by atoms with van der Waals surface area (Å²) in [7, 11) is 3.16. The topological polar surface area (TPSA) is 86.9 Å². The first-order valence-electron chi connectivity index (χ1n) is 10.2. The predicted octanol–water partition coefficient (Wildman–Crippen LogP) is 4.13. The van der Waals surface area contributed by atoms with E-state index in [1.165, 1.54) is 0 Å². The van der Waals surface area contributed by atoms with E-state index in [0.717, 1.165) is 24.2 Å². The lowest BCUT2D eigenvalue weighted by Gasteiger charge is -2.22. The van der Waals surface area contributed by atoms with Crippen LogP contribution in [0.5, 0.6) is 17.2 Å². The van der Waals surface area contributed by atoms with Crippen LogP contribution in [0.1, 0.15) is 42.1 Å². The van der Waals surface area contributed by atoms with Gasteiger partial charge in [0.2, 0.25) is 11.7 Å². The van der Waals surface area contributed by atoms with Crippen LogP contribution in [0.4, 0.5) is 0 Å². The summed E-state index contributed by atoms with van der Waals surface area (Å²) in [4.78, 5) is 19.5. The van der Waals surface area contributed by atoms with Crippen molar-refractivity contribution in [2.24, 2.45) is 0 Å². The number of hydrogen-bond donors (Lipinski definition) is 0. The molecule has 1 amide bonds. The zero-order valence-corrected chi connectivity index (χ0v) is 17.8. The smallest absolute Gasteiger partial charge is 0.254 e. The van der Waals surface area contributed by atoms with Gasteiger partial charge in [0.25, 0.3) is 5.91 Å². The third kappa shape index (κ3) is 4.19. The number of likely N-dealkylation sites (tertiary alicyclic amines) is 1. The molecule has 2 heterocycles. The molecule has 0 N–H and O–H groups in total. The fraction of sp³-hybridized carbons (Fsp3) is 0.348. The Bertz CT molecular complexity index is 1050. The Labute approximate surface area is 180 Å². The van der Waals surface area contributed by atoms with Gasteiger partial charge in [-0.05, 0) is 62.2 Å². The monoisotopic (exact) mass is 423 g/mol. The Kier molecular flexibility index (Phi) is 6.06. The Morgan fingerprint density at radius 1 is 1.13 bits per heavy atom. The van der Waals surface area contributed by atoms with Gasteiger partial charge in [-0.3, -0.25) is 4.79 Å². The van der Waals surface area contributed by atoms with E-state index in [1.807, 2.05) is 25.1 Å². The van der Waals surface area contributed by atoms with E-state index in [9.17, 15) is 4.79 Å². The summed E-state index contributed by atoms with van der Waals surface area (Å²) in [6, 6.07) is 12.4. The lowest BCUT2D eigenvalue weighted by Crippen LogP contribution is -2.30. The summed E-state index contributed by atoms with van der Waals surface area (Å²) in [5.41, 5.74) is 1.35. The summed E-state index contributed by atoms with van der Waals surface area (Å²) in [6.45, 7) is 3.15. The van der Waals surface area contributed by atoms with Crippen molar-refractivity contribution in [1.29, 1.82) is 0 Å². The Morgan fingerprint density at radius 2 is 1.90 bits per heavy atom. The summed E-state index contributed by atoms with van der Waals surface area (Å²) in [5.74, 6) is 2.76. The van der Waals surface area contributed by atoms with E-state index < -0.39 is 0 Å². The van der Waals surface area contributed by atoms with Crippen molar-refractivity contribution in [2.75, 3.05) is 27.4 Å². The first kappa shape index (κ1) is 20.7. The van der Waals surface area contributed by atoms with Crippen molar-refractivity contribution in [2.45, 2.75) is 25.8 Å². The molecule has 1 unspecified atom stereocenters. The van der Waals surface area contributed by atoms with Gasteiger partial charge in [0, 0.05) is 17.7 Å². The average molecular weight is 423 g/mol. The van der Waals surface area contributed by atoms with Crippen molar-refractivity contribution in [3.8, 4) is 28.6 Å². The number of aromatic nitrogens is 2. The summed E-state index contributed by atoms with van der Waals surface area (Å²) < 4.78 is 21.6. The fourth-order valence-corrected chi connectivity index (χ4v) is 3.76. The zero-order chi connectivity index (χ0) is 21.8. The third-order valence-corrected chi connectivity index (χ3v) is 5.29. The molecule has 162 valence electrons. The molecular formula is C23H25N3O5. The quantitative estimate of drug-likeness (QED) is 0.565. The average Bonchev–Trinajstić information content (AvgIpc) is 3.48. The Hall–Kier alpha value is -3.55. The minimum absolute atomic E-state index is 0.0589. The minimum Gasteiger partial charge on any atom is -0.494 e. The summed E-state index contributed by atoms with van der Waals surface area (Å²) in [6.07, 6.45) is 1.65. The van der Waals surface area contributed by atoms with Crippen molar-refractivity contribution in [3.05, 3.63) is 53.9 Å². The van der Waals surface area contributed by atoms with Gasteiger partial charge >= 0.3 is 0 Å². The SMILES string of the molecule is CCOc1ccc(C(=O)N2CCCC2c2nc(-c3ccc(OC)c(OC)c3)no2)cc1.